The number of rotatable bonds is 17. The fraction of sp³-hybridized carbons (Fsp3) is 0.371. The second-order valence-corrected chi connectivity index (χ2v) is 12.5. The van der Waals surface area contributed by atoms with Gasteiger partial charge in [-0.05, 0) is 61.2 Å². The van der Waals surface area contributed by atoms with Crippen LogP contribution in [0.5, 0.6) is 5.75 Å². The van der Waals surface area contributed by atoms with Crippen LogP contribution in [-0.4, -0.2) is 81.0 Å². The van der Waals surface area contributed by atoms with E-state index in [-0.39, 0.29) is 23.4 Å². The SMILES string of the molecule is Cc1cc(=O)oc2ccc(NC(=O)C(CC(=O)O)NC(=O)C(C)NC(=O)C(NC(=O)C(Cc3ccc(O)cc3)NC(=O)CCC(=O)O)C(C)C)cc12. The van der Waals surface area contributed by atoms with Gasteiger partial charge in [-0.15, -0.1) is 0 Å². The number of phenolic OH excluding ortho intramolecular Hbond substituents is 1. The van der Waals surface area contributed by atoms with Crippen LogP contribution in [0.4, 0.5) is 5.69 Å². The molecule has 278 valence electrons. The number of carboxylic acid groups (broad SMARTS) is 2. The summed E-state index contributed by atoms with van der Waals surface area (Å²) < 4.78 is 5.13. The quantitative estimate of drug-likeness (QED) is 0.0905. The largest absolute Gasteiger partial charge is 0.508 e. The molecule has 0 bridgehead atoms. The molecule has 17 nitrogen and oxygen atoms in total. The van der Waals surface area contributed by atoms with Crippen molar-refractivity contribution in [1.29, 1.82) is 0 Å². The second-order valence-electron chi connectivity index (χ2n) is 12.5. The van der Waals surface area contributed by atoms with E-state index >= 15 is 0 Å². The number of aliphatic carboxylic acids is 2. The van der Waals surface area contributed by atoms with Crippen LogP contribution in [0, 0.1) is 12.8 Å². The first-order valence-electron chi connectivity index (χ1n) is 16.2. The van der Waals surface area contributed by atoms with Gasteiger partial charge >= 0.3 is 17.6 Å². The lowest BCUT2D eigenvalue weighted by molar-refractivity contribution is -0.140. The molecule has 0 radical (unpaired) electrons. The number of nitrogens with one attached hydrogen (secondary N) is 5. The zero-order valence-corrected chi connectivity index (χ0v) is 28.8. The minimum absolute atomic E-state index is 0.0304. The lowest BCUT2D eigenvalue weighted by Crippen LogP contribution is -2.59. The number of carboxylic acids is 2. The Morgan fingerprint density at radius 2 is 1.40 bits per heavy atom. The number of phenols is 1. The molecule has 0 saturated heterocycles. The van der Waals surface area contributed by atoms with E-state index in [0.29, 0.717) is 16.5 Å². The summed E-state index contributed by atoms with van der Waals surface area (Å²) in [5.41, 5.74) is 1.07. The van der Waals surface area contributed by atoms with Gasteiger partial charge in [0.2, 0.25) is 29.5 Å². The smallest absolute Gasteiger partial charge is 0.336 e. The number of hydrogen-bond donors (Lipinski definition) is 8. The first-order valence-corrected chi connectivity index (χ1v) is 16.2. The molecule has 1 aromatic heterocycles. The number of fused-ring (bicyclic) bond motifs is 1. The minimum Gasteiger partial charge on any atom is -0.508 e. The van der Waals surface area contributed by atoms with E-state index in [1.165, 1.54) is 55.5 Å². The molecule has 0 fully saturated rings. The summed E-state index contributed by atoms with van der Waals surface area (Å²) in [7, 11) is 0. The number of aromatic hydroxyl groups is 1. The van der Waals surface area contributed by atoms with E-state index < -0.39 is 96.4 Å². The van der Waals surface area contributed by atoms with Crippen molar-refractivity contribution in [2.45, 2.75) is 77.5 Å². The van der Waals surface area contributed by atoms with Crippen molar-refractivity contribution in [3.8, 4) is 5.75 Å². The first kappa shape index (κ1) is 40.2. The van der Waals surface area contributed by atoms with Gasteiger partial charge in [0, 0.05) is 30.0 Å². The van der Waals surface area contributed by atoms with Crippen LogP contribution in [0.2, 0.25) is 0 Å². The molecular formula is C35H41N5O12. The van der Waals surface area contributed by atoms with E-state index in [4.69, 9.17) is 9.52 Å². The molecule has 17 heteroatoms. The number of aryl methyl sites for hydroxylation is 1. The fourth-order valence-corrected chi connectivity index (χ4v) is 5.03. The Bertz CT molecular complexity index is 1890. The van der Waals surface area contributed by atoms with Crippen molar-refractivity contribution < 1.29 is 53.3 Å². The average molecular weight is 724 g/mol. The lowest BCUT2D eigenvalue weighted by Gasteiger charge is -2.27. The van der Waals surface area contributed by atoms with Crippen LogP contribution >= 0.6 is 0 Å². The summed E-state index contributed by atoms with van der Waals surface area (Å²) in [6.45, 7) is 6.19. The third-order valence-electron chi connectivity index (χ3n) is 7.82. The Morgan fingerprint density at radius 1 is 0.731 bits per heavy atom. The van der Waals surface area contributed by atoms with Crippen molar-refractivity contribution >= 4 is 58.1 Å². The van der Waals surface area contributed by atoms with Gasteiger partial charge in [0.25, 0.3) is 0 Å². The molecular weight excluding hydrogens is 682 g/mol. The number of carbonyl (C=O) groups excluding carboxylic acids is 5. The van der Waals surface area contributed by atoms with E-state index in [1.807, 2.05) is 0 Å². The molecule has 0 saturated carbocycles. The van der Waals surface area contributed by atoms with Gasteiger partial charge in [0.05, 0.1) is 12.8 Å². The molecule has 8 N–H and O–H groups in total. The van der Waals surface area contributed by atoms with Crippen molar-refractivity contribution in [3.63, 3.8) is 0 Å². The molecule has 4 unspecified atom stereocenters. The topological polar surface area (TPSA) is 271 Å². The third kappa shape index (κ3) is 12.0. The molecule has 0 aliphatic heterocycles. The van der Waals surface area contributed by atoms with Crippen LogP contribution in [0.3, 0.4) is 0 Å². The molecule has 2 aromatic carbocycles. The van der Waals surface area contributed by atoms with Crippen LogP contribution in [0.15, 0.2) is 57.7 Å². The fourth-order valence-electron chi connectivity index (χ4n) is 5.03. The number of carbonyl (C=O) groups is 7. The van der Waals surface area contributed by atoms with Crippen molar-refractivity contribution in [3.05, 3.63) is 70.1 Å². The summed E-state index contributed by atoms with van der Waals surface area (Å²) in [5, 5.41) is 40.8. The van der Waals surface area contributed by atoms with E-state index in [2.05, 4.69) is 26.6 Å². The summed E-state index contributed by atoms with van der Waals surface area (Å²) in [4.78, 5) is 99.7. The maximum absolute atomic E-state index is 13.4. The van der Waals surface area contributed by atoms with Crippen LogP contribution in [0.1, 0.15) is 51.2 Å². The van der Waals surface area contributed by atoms with E-state index in [9.17, 15) is 48.6 Å². The van der Waals surface area contributed by atoms with Gasteiger partial charge in [-0.25, -0.2) is 4.79 Å². The number of anilines is 1. The monoisotopic (exact) mass is 723 g/mol. The van der Waals surface area contributed by atoms with Gasteiger partial charge in [0.15, 0.2) is 0 Å². The van der Waals surface area contributed by atoms with E-state index in [1.54, 1.807) is 20.8 Å². The molecule has 52 heavy (non-hydrogen) atoms. The van der Waals surface area contributed by atoms with Crippen molar-refractivity contribution in [1.82, 2.24) is 21.3 Å². The Labute approximate surface area is 297 Å². The highest BCUT2D eigenvalue weighted by Crippen LogP contribution is 2.21. The van der Waals surface area contributed by atoms with E-state index in [0.717, 1.165) is 0 Å². The van der Waals surface area contributed by atoms with Gasteiger partial charge in [-0.1, -0.05) is 26.0 Å². The highest BCUT2D eigenvalue weighted by Gasteiger charge is 2.32. The molecule has 3 rings (SSSR count). The van der Waals surface area contributed by atoms with Gasteiger partial charge in [0.1, 0.15) is 35.5 Å². The highest BCUT2D eigenvalue weighted by molar-refractivity contribution is 6.01. The predicted molar refractivity (Wildman–Crippen MR) is 185 cm³/mol. The highest BCUT2D eigenvalue weighted by atomic mass is 16.4. The molecule has 0 aliphatic rings. The maximum atomic E-state index is 13.4. The van der Waals surface area contributed by atoms with Crippen LogP contribution in [-0.2, 0) is 40.0 Å². The summed E-state index contributed by atoms with van der Waals surface area (Å²) >= 11 is 0. The lowest BCUT2D eigenvalue weighted by atomic mass is 10.0. The second kappa shape index (κ2) is 18.1. The van der Waals surface area contributed by atoms with Crippen molar-refractivity contribution in [2.75, 3.05) is 5.32 Å². The zero-order chi connectivity index (χ0) is 38.7. The zero-order valence-electron chi connectivity index (χ0n) is 28.8. The molecule has 0 aliphatic carbocycles. The molecule has 1 heterocycles. The molecule has 3 aromatic rings. The Kier molecular flexibility index (Phi) is 14.0. The Balaban J connectivity index is 1.70. The Hall–Kier alpha value is -6.26. The third-order valence-corrected chi connectivity index (χ3v) is 7.82. The molecule has 5 amide bonds. The Morgan fingerprint density at radius 3 is 2.02 bits per heavy atom. The average Bonchev–Trinajstić information content (AvgIpc) is 3.06. The van der Waals surface area contributed by atoms with Gasteiger partial charge in [-0.2, -0.15) is 0 Å². The number of benzene rings is 2. The van der Waals surface area contributed by atoms with Gasteiger partial charge in [-0.3, -0.25) is 33.6 Å². The minimum atomic E-state index is -1.57. The molecule has 0 spiro atoms. The number of hydrogen-bond acceptors (Lipinski definition) is 10. The normalized spacial score (nSPS) is 13.2. The van der Waals surface area contributed by atoms with Crippen LogP contribution in [0.25, 0.3) is 11.0 Å². The van der Waals surface area contributed by atoms with Crippen molar-refractivity contribution in [2.24, 2.45) is 5.92 Å². The first-order chi connectivity index (χ1) is 24.4. The van der Waals surface area contributed by atoms with Crippen LogP contribution < -0.4 is 32.2 Å². The number of amides is 5. The predicted octanol–water partition coefficient (Wildman–Crippen LogP) is 0.943. The summed E-state index contributed by atoms with van der Waals surface area (Å²) in [6, 6.07) is 6.10. The van der Waals surface area contributed by atoms with Gasteiger partial charge < -0.3 is 46.3 Å². The maximum Gasteiger partial charge on any atom is 0.336 e. The molecule has 4 atom stereocenters. The summed E-state index contributed by atoms with van der Waals surface area (Å²) in [5.74, 6) is -7.27. The standard InChI is InChI=1S/C35H41N5O12/c1-17(2)31(40-34(50)24(38-27(42)11-12-28(43)44)14-20-5-8-22(41)9-6-20)35(51)36-19(4)32(48)39-25(16-29(45)46)33(49)37-21-7-10-26-23(15-21)18(3)13-30(47)52-26/h5-10,13,15,17,19,24-25,31,41H,11-12,14,16H2,1-4H3,(H,36,51)(H,37,49)(H,38,42)(H,39,48)(H,40,50)(H,43,44)(H,45,46). The summed E-state index contributed by atoms with van der Waals surface area (Å²) in [6.07, 6.45) is -1.75.